The van der Waals surface area contributed by atoms with Crippen LogP contribution in [0.1, 0.15) is 38.8 Å². The van der Waals surface area contributed by atoms with E-state index in [2.05, 4.69) is 20.8 Å². The lowest BCUT2D eigenvalue weighted by Gasteiger charge is -2.15. The molecule has 0 aliphatic rings. The summed E-state index contributed by atoms with van der Waals surface area (Å²) in [5.74, 6) is 0.0575. The molecule has 1 aromatic rings. The van der Waals surface area contributed by atoms with Gasteiger partial charge in [0.05, 0.1) is 12.2 Å². The maximum atomic E-state index is 11.7. The molecular weight excluding hydrogens is 204 g/mol. The lowest BCUT2D eigenvalue weighted by molar-refractivity contribution is -0.122. The van der Waals surface area contributed by atoms with Crippen LogP contribution in [0, 0.1) is 0 Å². The molecule has 3 N–H and O–H groups in total. The van der Waals surface area contributed by atoms with Crippen molar-refractivity contribution in [2.45, 2.75) is 39.3 Å². The van der Waals surface area contributed by atoms with Crippen molar-refractivity contribution in [1.82, 2.24) is 20.8 Å². The Balaban J connectivity index is 2.34. The van der Waals surface area contributed by atoms with E-state index in [0.717, 1.165) is 12.1 Å². The van der Waals surface area contributed by atoms with E-state index >= 15 is 0 Å². The van der Waals surface area contributed by atoms with Gasteiger partial charge in [0, 0.05) is 24.2 Å². The molecule has 1 heterocycles. The summed E-state index contributed by atoms with van der Waals surface area (Å²) in [6.45, 7) is 6.86. The van der Waals surface area contributed by atoms with Crippen molar-refractivity contribution in [3.63, 3.8) is 0 Å². The third-order valence-electron chi connectivity index (χ3n) is 2.44. The van der Waals surface area contributed by atoms with E-state index in [1.165, 1.54) is 0 Å². The van der Waals surface area contributed by atoms with Gasteiger partial charge in [-0.25, -0.2) is 0 Å². The molecule has 16 heavy (non-hydrogen) atoms. The number of aromatic amines is 1. The molecule has 0 spiro atoms. The fourth-order valence-corrected chi connectivity index (χ4v) is 1.58. The summed E-state index contributed by atoms with van der Waals surface area (Å²) in [5, 5.41) is 12.7. The van der Waals surface area contributed by atoms with Crippen molar-refractivity contribution in [3.8, 4) is 0 Å². The van der Waals surface area contributed by atoms with E-state index in [1.54, 1.807) is 12.4 Å². The average Bonchev–Trinajstić information content (AvgIpc) is 2.69. The largest absolute Gasteiger partial charge is 0.349 e. The van der Waals surface area contributed by atoms with Gasteiger partial charge in [-0.05, 0) is 20.4 Å². The molecular formula is C11H20N4O. The fourth-order valence-electron chi connectivity index (χ4n) is 1.58. The number of nitrogens with zero attached hydrogens (tertiary/aromatic N) is 1. The van der Waals surface area contributed by atoms with Gasteiger partial charge in [0.15, 0.2) is 0 Å². The number of amides is 1. The summed E-state index contributed by atoms with van der Waals surface area (Å²) in [6, 6.07) is 0.210. The molecule has 0 aliphatic heterocycles. The molecule has 0 radical (unpaired) electrons. The zero-order valence-electron chi connectivity index (χ0n) is 10.1. The van der Waals surface area contributed by atoms with Crippen LogP contribution in [0.2, 0.25) is 0 Å². The Labute approximate surface area is 96.0 Å². The number of rotatable bonds is 6. The van der Waals surface area contributed by atoms with Crippen molar-refractivity contribution < 1.29 is 4.79 Å². The van der Waals surface area contributed by atoms with E-state index in [4.69, 9.17) is 0 Å². The number of aromatic nitrogens is 2. The van der Waals surface area contributed by atoms with Crippen LogP contribution in [0.15, 0.2) is 12.4 Å². The maximum absolute atomic E-state index is 11.7. The standard InChI is InChI=1S/C11H20N4O/c1-4-12-8(2)5-11(16)15-9(3)10-6-13-14-7-10/h6-9,12H,4-5H2,1-3H3,(H,13,14)(H,15,16). The monoisotopic (exact) mass is 224 g/mol. The van der Waals surface area contributed by atoms with E-state index < -0.39 is 0 Å². The molecule has 0 fully saturated rings. The van der Waals surface area contributed by atoms with Crippen LogP contribution in [0.5, 0.6) is 0 Å². The third kappa shape index (κ3) is 4.02. The lowest BCUT2D eigenvalue weighted by atomic mass is 10.1. The molecule has 5 nitrogen and oxygen atoms in total. The van der Waals surface area contributed by atoms with Crippen molar-refractivity contribution in [2.75, 3.05) is 6.54 Å². The van der Waals surface area contributed by atoms with Crippen LogP contribution >= 0.6 is 0 Å². The van der Waals surface area contributed by atoms with Crippen LogP contribution < -0.4 is 10.6 Å². The quantitative estimate of drug-likeness (QED) is 0.674. The molecule has 1 rings (SSSR count). The van der Waals surface area contributed by atoms with Gasteiger partial charge in [0.2, 0.25) is 5.91 Å². The highest BCUT2D eigenvalue weighted by Crippen LogP contribution is 2.09. The molecule has 0 saturated carbocycles. The van der Waals surface area contributed by atoms with Gasteiger partial charge < -0.3 is 10.6 Å². The first kappa shape index (κ1) is 12.7. The van der Waals surface area contributed by atoms with Crippen molar-refractivity contribution in [2.24, 2.45) is 0 Å². The van der Waals surface area contributed by atoms with Gasteiger partial charge in [-0.2, -0.15) is 5.10 Å². The minimum Gasteiger partial charge on any atom is -0.349 e. The molecule has 0 aliphatic carbocycles. The number of nitrogens with one attached hydrogen (secondary N) is 3. The van der Waals surface area contributed by atoms with Gasteiger partial charge in [0.25, 0.3) is 0 Å². The predicted molar refractivity (Wildman–Crippen MR) is 62.9 cm³/mol. The Kier molecular flexibility index (Phi) is 4.98. The number of hydrogen-bond donors (Lipinski definition) is 3. The second-order valence-electron chi connectivity index (χ2n) is 3.98. The van der Waals surface area contributed by atoms with Gasteiger partial charge in [-0.15, -0.1) is 0 Å². The van der Waals surface area contributed by atoms with Gasteiger partial charge in [-0.3, -0.25) is 9.89 Å². The topological polar surface area (TPSA) is 69.8 Å². The lowest BCUT2D eigenvalue weighted by Crippen LogP contribution is -2.34. The molecule has 1 amide bonds. The smallest absolute Gasteiger partial charge is 0.222 e. The van der Waals surface area contributed by atoms with E-state index in [-0.39, 0.29) is 18.0 Å². The molecule has 0 saturated heterocycles. The van der Waals surface area contributed by atoms with Crippen LogP contribution in [0.3, 0.4) is 0 Å². The van der Waals surface area contributed by atoms with Crippen molar-refractivity contribution >= 4 is 5.91 Å². The minimum absolute atomic E-state index is 0.0000709. The third-order valence-corrected chi connectivity index (χ3v) is 2.44. The summed E-state index contributed by atoms with van der Waals surface area (Å²) in [7, 11) is 0. The molecule has 0 bridgehead atoms. The maximum Gasteiger partial charge on any atom is 0.222 e. The second-order valence-corrected chi connectivity index (χ2v) is 3.98. The zero-order valence-corrected chi connectivity index (χ0v) is 10.1. The van der Waals surface area contributed by atoms with Gasteiger partial charge in [-0.1, -0.05) is 6.92 Å². The Morgan fingerprint density at radius 3 is 2.88 bits per heavy atom. The highest BCUT2D eigenvalue weighted by Gasteiger charge is 2.12. The molecule has 1 aromatic heterocycles. The molecule has 2 unspecified atom stereocenters. The van der Waals surface area contributed by atoms with E-state index in [1.807, 2.05) is 20.8 Å². The summed E-state index contributed by atoms with van der Waals surface area (Å²) in [5.41, 5.74) is 0.990. The highest BCUT2D eigenvalue weighted by molar-refractivity contribution is 5.76. The van der Waals surface area contributed by atoms with E-state index in [9.17, 15) is 4.79 Å². The van der Waals surface area contributed by atoms with Crippen LogP contribution in [0.25, 0.3) is 0 Å². The van der Waals surface area contributed by atoms with Crippen molar-refractivity contribution in [1.29, 1.82) is 0 Å². The summed E-state index contributed by atoms with van der Waals surface area (Å²) in [6.07, 6.45) is 4.01. The summed E-state index contributed by atoms with van der Waals surface area (Å²) in [4.78, 5) is 11.7. The SMILES string of the molecule is CCNC(C)CC(=O)NC(C)c1cn[nH]c1. The number of hydrogen-bond acceptors (Lipinski definition) is 3. The van der Waals surface area contributed by atoms with Crippen LogP contribution in [0.4, 0.5) is 0 Å². The molecule has 90 valence electrons. The molecule has 5 heteroatoms. The van der Waals surface area contributed by atoms with Crippen molar-refractivity contribution in [3.05, 3.63) is 18.0 Å². The van der Waals surface area contributed by atoms with Crippen LogP contribution in [-0.2, 0) is 4.79 Å². The van der Waals surface area contributed by atoms with Gasteiger partial charge >= 0.3 is 0 Å². The summed E-state index contributed by atoms with van der Waals surface area (Å²) < 4.78 is 0. The Hall–Kier alpha value is -1.36. The minimum atomic E-state index is 0.0000709. The van der Waals surface area contributed by atoms with E-state index in [0.29, 0.717) is 6.42 Å². The highest BCUT2D eigenvalue weighted by atomic mass is 16.1. The number of H-pyrrole nitrogens is 1. The first-order valence-electron chi connectivity index (χ1n) is 5.65. The average molecular weight is 224 g/mol. The zero-order chi connectivity index (χ0) is 12.0. The first-order valence-corrected chi connectivity index (χ1v) is 5.65. The number of carbonyl (C=O) groups excluding carboxylic acids is 1. The Morgan fingerprint density at radius 2 is 2.31 bits per heavy atom. The van der Waals surface area contributed by atoms with Gasteiger partial charge in [0.1, 0.15) is 0 Å². The Bertz CT molecular complexity index is 310. The second kappa shape index (κ2) is 6.27. The normalized spacial score (nSPS) is 14.4. The molecule has 0 aromatic carbocycles. The molecule has 2 atom stereocenters. The summed E-state index contributed by atoms with van der Waals surface area (Å²) >= 11 is 0. The predicted octanol–water partition coefficient (Wildman–Crippen LogP) is 0.975. The number of carbonyl (C=O) groups is 1. The Morgan fingerprint density at radius 1 is 1.56 bits per heavy atom. The fraction of sp³-hybridized carbons (Fsp3) is 0.636. The first-order chi connectivity index (χ1) is 7.63. The van der Waals surface area contributed by atoms with Crippen LogP contribution in [-0.4, -0.2) is 28.7 Å².